The number of esters is 2. The molecule has 1 spiro atoms. The topological polar surface area (TPSA) is 71.1 Å². The summed E-state index contributed by atoms with van der Waals surface area (Å²) in [4.78, 5) is 23.3. The molecule has 110 valence electrons. The molecular formula is C15H14O6. The van der Waals surface area contributed by atoms with E-state index < -0.39 is 17.7 Å². The molecule has 1 saturated heterocycles. The summed E-state index contributed by atoms with van der Waals surface area (Å²) >= 11 is 0. The zero-order valence-electron chi connectivity index (χ0n) is 11.3. The van der Waals surface area contributed by atoms with E-state index in [0.717, 1.165) is 6.08 Å². The van der Waals surface area contributed by atoms with Crippen LogP contribution in [-0.2, 0) is 14.3 Å². The number of ether oxygens (including phenoxy) is 4. The highest BCUT2D eigenvalue weighted by Gasteiger charge is 2.43. The Morgan fingerprint density at radius 2 is 2.05 bits per heavy atom. The van der Waals surface area contributed by atoms with Crippen molar-refractivity contribution in [1.82, 2.24) is 0 Å². The summed E-state index contributed by atoms with van der Waals surface area (Å²) in [6.07, 6.45) is 2.00. The predicted molar refractivity (Wildman–Crippen MR) is 71.1 cm³/mol. The van der Waals surface area contributed by atoms with E-state index in [1.165, 1.54) is 18.2 Å². The average Bonchev–Trinajstić information content (AvgIpc) is 2.47. The number of benzene rings is 1. The van der Waals surface area contributed by atoms with Crippen molar-refractivity contribution >= 4 is 11.9 Å². The first-order chi connectivity index (χ1) is 10.1. The number of carbonyl (C=O) groups excluding carboxylic acids is 2. The largest absolute Gasteiger partial charge is 0.451 e. The molecule has 2 aliphatic rings. The summed E-state index contributed by atoms with van der Waals surface area (Å²) in [5.41, 5.74) is 0.311. The number of hydrogen-bond donors (Lipinski definition) is 0. The van der Waals surface area contributed by atoms with Gasteiger partial charge >= 0.3 is 11.9 Å². The Balaban J connectivity index is 1.89. The zero-order chi connectivity index (χ0) is 14.9. The highest BCUT2D eigenvalue weighted by atomic mass is 16.7. The minimum atomic E-state index is -0.983. The van der Waals surface area contributed by atoms with Crippen molar-refractivity contribution in [2.75, 3.05) is 13.2 Å². The number of hydrogen-bond acceptors (Lipinski definition) is 6. The van der Waals surface area contributed by atoms with E-state index in [4.69, 9.17) is 18.9 Å². The Morgan fingerprint density at radius 3 is 2.76 bits per heavy atom. The fourth-order valence-corrected chi connectivity index (χ4v) is 2.31. The van der Waals surface area contributed by atoms with Gasteiger partial charge in [-0.2, -0.15) is 0 Å². The molecule has 0 aliphatic carbocycles. The highest BCUT2D eigenvalue weighted by molar-refractivity contribution is 5.94. The maximum absolute atomic E-state index is 12.1. The van der Waals surface area contributed by atoms with E-state index in [1.54, 1.807) is 0 Å². The van der Waals surface area contributed by atoms with Crippen molar-refractivity contribution in [2.45, 2.75) is 18.6 Å². The van der Waals surface area contributed by atoms with Gasteiger partial charge in [0.2, 0.25) is 0 Å². The van der Waals surface area contributed by atoms with Crippen LogP contribution in [0.2, 0.25) is 0 Å². The van der Waals surface area contributed by atoms with Gasteiger partial charge in [0.25, 0.3) is 5.79 Å². The van der Waals surface area contributed by atoms with Gasteiger partial charge in [-0.15, -0.1) is 0 Å². The third kappa shape index (κ3) is 2.62. The van der Waals surface area contributed by atoms with Gasteiger partial charge in [-0.25, -0.2) is 9.59 Å². The smallest absolute Gasteiger partial charge is 0.345 e. The first-order valence-corrected chi connectivity index (χ1v) is 6.60. The molecule has 6 heteroatoms. The Kier molecular flexibility index (Phi) is 3.39. The van der Waals surface area contributed by atoms with Crippen LogP contribution in [0.1, 0.15) is 23.2 Å². The molecule has 21 heavy (non-hydrogen) atoms. The van der Waals surface area contributed by atoms with Crippen molar-refractivity contribution in [1.29, 1.82) is 0 Å². The van der Waals surface area contributed by atoms with Crippen LogP contribution in [0.4, 0.5) is 0 Å². The fraction of sp³-hybridized carbons (Fsp3) is 0.333. The van der Waals surface area contributed by atoms with Crippen molar-refractivity contribution < 1.29 is 28.5 Å². The van der Waals surface area contributed by atoms with Gasteiger partial charge in [0.05, 0.1) is 13.2 Å². The first kappa shape index (κ1) is 13.6. The maximum Gasteiger partial charge on any atom is 0.345 e. The lowest BCUT2D eigenvalue weighted by Gasteiger charge is -2.39. The summed E-state index contributed by atoms with van der Waals surface area (Å²) in [6.45, 7) is 4.26. The minimum absolute atomic E-state index is 0.288. The monoisotopic (exact) mass is 290 g/mol. The fourth-order valence-electron chi connectivity index (χ4n) is 2.31. The standard InChI is InChI=1S/C15H14O6/c1-2-13(16)19-10-3-4-11-12(9-10)20-15(21-14(11)17)5-7-18-8-6-15/h2-4,9H,1,5-8H2. The highest BCUT2D eigenvalue weighted by Crippen LogP contribution is 2.38. The van der Waals surface area contributed by atoms with Crippen LogP contribution in [0.5, 0.6) is 11.5 Å². The molecule has 0 unspecified atom stereocenters. The third-order valence-electron chi connectivity index (χ3n) is 3.39. The summed E-state index contributed by atoms with van der Waals surface area (Å²) < 4.78 is 21.6. The predicted octanol–water partition coefficient (Wildman–Crippen LogP) is 1.83. The summed E-state index contributed by atoms with van der Waals surface area (Å²) in [7, 11) is 0. The molecule has 0 bridgehead atoms. The Labute approximate surface area is 121 Å². The maximum atomic E-state index is 12.1. The molecule has 0 saturated carbocycles. The Hall–Kier alpha value is -2.34. The molecule has 0 radical (unpaired) electrons. The molecule has 0 N–H and O–H groups in total. The van der Waals surface area contributed by atoms with Crippen LogP contribution < -0.4 is 9.47 Å². The van der Waals surface area contributed by atoms with Crippen LogP contribution in [0.3, 0.4) is 0 Å². The van der Waals surface area contributed by atoms with E-state index in [2.05, 4.69) is 6.58 Å². The van der Waals surface area contributed by atoms with E-state index >= 15 is 0 Å². The third-order valence-corrected chi connectivity index (χ3v) is 3.39. The molecule has 0 amide bonds. The number of rotatable bonds is 2. The molecule has 1 aromatic rings. The molecule has 1 aromatic carbocycles. The van der Waals surface area contributed by atoms with E-state index in [0.29, 0.717) is 37.4 Å². The van der Waals surface area contributed by atoms with Crippen LogP contribution in [0.15, 0.2) is 30.9 Å². The molecular weight excluding hydrogens is 276 g/mol. The van der Waals surface area contributed by atoms with Crippen molar-refractivity contribution in [3.8, 4) is 11.5 Å². The lowest BCUT2D eigenvalue weighted by atomic mass is 10.0. The van der Waals surface area contributed by atoms with E-state index in [9.17, 15) is 9.59 Å². The SMILES string of the molecule is C=CC(=O)Oc1ccc2c(c1)OC1(CCOCC1)OC2=O. The normalized spacial score (nSPS) is 19.1. The second-order valence-electron chi connectivity index (χ2n) is 4.80. The van der Waals surface area contributed by atoms with E-state index in [1.807, 2.05) is 0 Å². The van der Waals surface area contributed by atoms with Gasteiger partial charge in [0.15, 0.2) is 0 Å². The van der Waals surface area contributed by atoms with Crippen molar-refractivity contribution in [3.05, 3.63) is 36.4 Å². The molecule has 2 heterocycles. The molecule has 6 nitrogen and oxygen atoms in total. The van der Waals surface area contributed by atoms with Crippen LogP contribution in [0, 0.1) is 0 Å². The zero-order valence-corrected chi connectivity index (χ0v) is 11.3. The first-order valence-electron chi connectivity index (χ1n) is 6.60. The van der Waals surface area contributed by atoms with Gasteiger partial charge in [-0.05, 0) is 12.1 Å². The molecule has 3 rings (SSSR count). The summed E-state index contributed by atoms with van der Waals surface area (Å²) in [5, 5.41) is 0. The van der Waals surface area contributed by atoms with Gasteiger partial charge in [0.1, 0.15) is 17.1 Å². The van der Waals surface area contributed by atoms with Gasteiger partial charge in [-0.3, -0.25) is 0 Å². The van der Waals surface area contributed by atoms with Gasteiger partial charge in [0, 0.05) is 25.0 Å². The number of fused-ring (bicyclic) bond motifs is 1. The minimum Gasteiger partial charge on any atom is -0.451 e. The average molecular weight is 290 g/mol. The second-order valence-corrected chi connectivity index (χ2v) is 4.80. The van der Waals surface area contributed by atoms with Crippen molar-refractivity contribution in [2.24, 2.45) is 0 Å². The Morgan fingerprint density at radius 1 is 1.29 bits per heavy atom. The summed E-state index contributed by atoms with van der Waals surface area (Å²) in [6, 6.07) is 4.52. The van der Waals surface area contributed by atoms with Crippen LogP contribution in [0.25, 0.3) is 0 Å². The van der Waals surface area contributed by atoms with Gasteiger partial charge in [-0.1, -0.05) is 6.58 Å². The van der Waals surface area contributed by atoms with Gasteiger partial charge < -0.3 is 18.9 Å². The second kappa shape index (κ2) is 5.21. The molecule has 2 aliphatic heterocycles. The summed E-state index contributed by atoms with van der Waals surface area (Å²) in [5.74, 6) is -1.37. The molecule has 0 atom stereocenters. The van der Waals surface area contributed by atoms with Crippen molar-refractivity contribution in [3.63, 3.8) is 0 Å². The van der Waals surface area contributed by atoms with Crippen LogP contribution >= 0.6 is 0 Å². The van der Waals surface area contributed by atoms with Crippen LogP contribution in [-0.4, -0.2) is 30.9 Å². The Bertz CT molecular complexity index is 600. The molecule has 0 aromatic heterocycles. The number of carbonyl (C=O) groups is 2. The lowest BCUT2D eigenvalue weighted by molar-refractivity contribution is -0.197. The quantitative estimate of drug-likeness (QED) is 0.470. The van der Waals surface area contributed by atoms with E-state index in [-0.39, 0.29) is 5.75 Å². The molecule has 1 fully saturated rings. The lowest BCUT2D eigenvalue weighted by Crippen LogP contribution is -2.48.